The minimum absolute atomic E-state index is 0.117. The van der Waals surface area contributed by atoms with Crippen LogP contribution in [0, 0.1) is 6.92 Å². The molecule has 1 amide bonds. The van der Waals surface area contributed by atoms with Gasteiger partial charge in [-0.25, -0.2) is 4.68 Å². The van der Waals surface area contributed by atoms with Crippen LogP contribution in [0.25, 0.3) is 11.4 Å². The van der Waals surface area contributed by atoms with Gasteiger partial charge in [0, 0.05) is 24.5 Å². The van der Waals surface area contributed by atoms with Gasteiger partial charge in [0.25, 0.3) is 11.5 Å². The van der Waals surface area contributed by atoms with Gasteiger partial charge in [-0.1, -0.05) is 0 Å². The number of pyridine rings is 1. The zero-order valence-corrected chi connectivity index (χ0v) is 15.1. The minimum Gasteiger partial charge on any atom is -0.352 e. The van der Waals surface area contributed by atoms with Crippen molar-refractivity contribution in [2.45, 2.75) is 20.0 Å². The summed E-state index contributed by atoms with van der Waals surface area (Å²) in [4.78, 5) is 24.0. The normalized spacial score (nSPS) is 11.5. The van der Waals surface area contributed by atoms with Gasteiger partial charge in [0.15, 0.2) is 5.69 Å². The van der Waals surface area contributed by atoms with Gasteiger partial charge in [-0.15, -0.1) is 0 Å². The largest absolute Gasteiger partial charge is 0.434 e. The average molecular weight is 390 g/mol. The van der Waals surface area contributed by atoms with E-state index in [1.165, 1.54) is 34.9 Å². The number of amides is 1. The Balaban J connectivity index is 2.05. The first kappa shape index (κ1) is 19.4. The van der Waals surface area contributed by atoms with Gasteiger partial charge >= 0.3 is 6.18 Å². The van der Waals surface area contributed by atoms with E-state index >= 15 is 0 Å². The molecule has 0 bridgehead atoms. The lowest BCUT2D eigenvalue weighted by molar-refractivity contribution is -0.143. The molecule has 9 heteroatoms. The van der Waals surface area contributed by atoms with E-state index in [1.807, 2.05) is 0 Å². The predicted octanol–water partition coefficient (Wildman–Crippen LogP) is 3.10. The fourth-order valence-corrected chi connectivity index (χ4v) is 2.78. The first-order valence-electron chi connectivity index (χ1n) is 8.46. The summed E-state index contributed by atoms with van der Waals surface area (Å²) in [5.74, 6) is -0.844. The maximum Gasteiger partial charge on any atom is 0.434 e. The Hall–Kier alpha value is -3.36. The molecule has 1 aromatic carbocycles. The van der Waals surface area contributed by atoms with Crippen LogP contribution in [0.4, 0.5) is 13.2 Å². The first-order valence-corrected chi connectivity index (χ1v) is 8.46. The molecule has 2 heterocycles. The summed E-state index contributed by atoms with van der Waals surface area (Å²) in [5.41, 5.74) is -0.527. The summed E-state index contributed by atoms with van der Waals surface area (Å²) < 4.78 is 42.8. The quantitative estimate of drug-likeness (QED) is 0.744. The highest BCUT2D eigenvalue weighted by atomic mass is 19.4. The van der Waals surface area contributed by atoms with Gasteiger partial charge in [0.1, 0.15) is 0 Å². The number of aromatic nitrogens is 3. The number of rotatable bonds is 4. The van der Waals surface area contributed by atoms with Crippen LogP contribution in [-0.2, 0) is 6.18 Å². The summed E-state index contributed by atoms with van der Waals surface area (Å²) in [5, 5.41) is 6.11. The molecule has 0 spiro atoms. The van der Waals surface area contributed by atoms with Crippen LogP contribution in [0.1, 0.15) is 28.5 Å². The molecule has 0 saturated carbocycles. The first-order chi connectivity index (χ1) is 13.2. The second-order valence-corrected chi connectivity index (χ2v) is 6.10. The highest BCUT2D eigenvalue weighted by Gasteiger charge is 2.40. The van der Waals surface area contributed by atoms with Gasteiger partial charge in [-0.3, -0.25) is 14.2 Å². The van der Waals surface area contributed by atoms with E-state index in [-0.39, 0.29) is 17.8 Å². The second-order valence-electron chi connectivity index (χ2n) is 6.10. The molecule has 6 nitrogen and oxygen atoms in total. The third-order valence-corrected chi connectivity index (χ3v) is 4.07. The van der Waals surface area contributed by atoms with Gasteiger partial charge in [-0.2, -0.15) is 18.3 Å². The van der Waals surface area contributed by atoms with Crippen molar-refractivity contribution in [2.75, 3.05) is 6.54 Å². The lowest BCUT2D eigenvalue weighted by atomic mass is 10.2. The number of carbonyl (C=O) groups excluding carboxylic acids is 1. The van der Waals surface area contributed by atoms with Crippen LogP contribution in [0.3, 0.4) is 0 Å². The van der Waals surface area contributed by atoms with Crippen LogP contribution in [0.2, 0.25) is 0 Å². The Labute approximate surface area is 158 Å². The highest BCUT2D eigenvalue weighted by Crippen LogP contribution is 2.33. The van der Waals surface area contributed by atoms with Crippen molar-refractivity contribution in [3.8, 4) is 11.4 Å². The summed E-state index contributed by atoms with van der Waals surface area (Å²) in [6, 6.07) is 9.06. The van der Waals surface area contributed by atoms with Crippen LogP contribution >= 0.6 is 0 Å². The summed E-state index contributed by atoms with van der Waals surface area (Å²) in [7, 11) is 0. The van der Waals surface area contributed by atoms with Gasteiger partial charge in [0.05, 0.1) is 17.4 Å². The molecular weight excluding hydrogens is 373 g/mol. The molecule has 3 rings (SSSR count). The Bertz CT molecular complexity index is 1070. The Morgan fingerprint density at radius 3 is 2.36 bits per heavy atom. The van der Waals surface area contributed by atoms with Crippen LogP contribution in [0.15, 0.2) is 53.6 Å². The number of nitrogens with one attached hydrogen (secondary N) is 1. The topological polar surface area (TPSA) is 68.9 Å². The Morgan fingerprint density at radius 2 is 1.79 bits per heavy atom. The molecular formula is C19H17F3N4O2. The van der Waals surface area contributed by atoms with E-state index < -0.39 is 23.3 Å². The third-order valence-electron chi connectivity index (χ3n) is 4.07. The van der Waals surface area contributed by atoms with Crippen molar-refractivity contribution in [1.29, 1.82) is 0 Å². The highest BCUT2D eigenvalue weighted by molar-refractivity contribution is 5.95. The number of nitrogens with zero attached hydrogens (tertiary/aromatic N) is 3. The van der Waals surface area contributed by atoms with Crippen molar-refractivity contribution in [2.24, 2.45) is 0 Å². The van der Waals surface area contributed by atoms with Crippen molar-refractivity contribution in [3.05, 3.63) is 76.0 Å². The molecule has 0 radical (unpaired) electrons. The SMILES string of the molecule is CCNC(=O)c1cnn(-c2ccc(-n3ccc(C)cc3=O)cc2)c1C(F)(F)F. The fourth-order valence-electron chi connectivity index (χ4n) is 2.78. The molecule has 1 N–H and O–H groups in total. The number of alkyl halides is 3. The molecule has 0 unspecified atom stereocenters. The van der Waals surface area contributed by atoms with E-state index in [4.69, 9.17) is 0 Å². The zero-order valence-electron chi connectivity index (χ0n) is 15.1. The predicted molar refractivity (Wildman–Crippen MR) is 96.9 cm³/mol. The van der Waals surface area contributed by atoms with E-state index in [9.17, 15) is 22.8 Å². The Kier molecular flexibility index (Phi) is 5.08. The van der Waals surface area contributed by atoms with Gasteiger partial charge in [0.2, 0.25) is 0 Å². The molecule has 28 heavy (non-hydrogen) atoms. The smallest absolute Gasteiger partial charge is 0.352 e. The van der Waals surface area contributed by atoms with E-state index in [0.717, 1.165) is 11.8 Å². The fraction of sp³-hybridized carbons (Fsp3) is 0.211. The number of benzene rings is 1. The molecule has 3 aromatic rings. The molecule has 0 atom stereocenters. The van der Waals surface area contributed by atoms with Crippen LogP contribution in [0.5, 0.6) is 0 Å². The maximum atomic E-state index is 13.6. The molecule has 0 fully saturated rings. The molecule has 0 aliphatic heterocycles. The molecule has 0 aliphatic carbocycles. The zero-order chi connectivity index (χ0) is 20.5. The van der Waals surface area contributed by atoms with Crippen molar-refractivity contribution in [3.63, 3.8) is 0 Å². The lowest BCUT2D eigenvalue weighted by Gasteiger charge is -2.13. The van der Waals surface area contributed by atoms with Gasteiger partial charge < -0.3 is 5.32 Å². The van der Waals surface area contributed by atoms with Crippen LogP contribution in [-0.4, -0.2) is 26.8 Å². The number of hydrogen-bond acceptors (Lipinski definition) is 3. The van der Waals surface area contributed by atoms with Crippen molar-refractivity contribution >= 4 is 5.91 Å². The Morgan fingerprint density at radius 1 is 1.14 bits per heavy atom. The van der Waals surface area contributed by atoms with E-state index in [2.05, 4.69) is 10.4 Å². The standard InChI is InChI=1S/C19H17F3N4O2/c1-3-23-18(28)15-11-24-26(17(15)19(20,21)22)14-6-4-13(5-7-14)25-9-8-12(2)10-16(25)27/h4-11H,3H2,1-2H3,(H,23,28). The maximum absolute atomic E-state index is 13.6. The molecule has 146 valence electrons. The molecule has 0 saturated heterocycles. The summed E-state index contributed by atoms with van der Waals surface area (Å²) >= 11 is 0. The number of hydrogen-bond donors (Lipinski definition) is 1. The average Bonchev–Trinajstić information content (AvgIpc) is 3.08. The summed E-state index contributed by atoms with van der Waals surface area (Å²) in [6.07, 6.45) is -2.29. The molecule has 0 aliphatic rings. The monoisotopic (exact) mass is 390 g/mol. The number of halogens is 3. The minimum atomic E-state index is -4.77. The number of carbonyl (C=O) groups is 1. The van der Waals surface area contributed by atoms with Crippen LogP contribution < -0.4 is 10.9 Å². The summed E-state index contributed by atoms with van der Waals surface area (Å²) in [6.45, 7) is 3.60. The number of aryl methyl sites for hydroxylation is 1. The molecule has 2 aromatic heterocycles. The lowest BCUT2D eigenvalue weighted by Crippen LogP contribution is -2.26. The van der Waals surface area contributed by atoms with E-state index in [0.29, 0.717) is 10.4 Å². The van der Waals surface area contributed by atoms with Crippen molar-refractivity contribution < 1.29 is 18.0 Å². The second kappa shape index (κ2) is 7.34. The van der Waals surface area contributed by atoms with Crippen molar-refractivity contribution in [1.82, 2.24) is 19.7 Å². The third kappa shape index (κ3) is 3.68. The van der Waals surface area contributed by atoms with Gasteiger partial charge in [-0.05, 0) is 49.7 Å². The van der Waals surface area contributed by atoms with E-state index in [1.54, 1.807) is 26.1 Å².